The normalized spacial score (nSPS) is 14.2. The number of hydrogen-bond acceptors (Lipinski definition) is 4. The van der Waals surface area contributed by atoms with Crippen LogP contribution in [0.4, 0.5) is 5.82 Å². The molecule has 136 valence electrons. The highest BCUT2D eigenvalue weighted by molar-refractivity contribution is 6.30. The van der Waals surface area contributed by atoms with E-state index in [9.17, 15) is 9.59 Å². The van der Waals surface area contributed by atoms with Gasteiger partial charge in [-0.25, -0.2) is 4.98 Å². The van der Waals surface area contributed by atoms with Gasteiger partial charge in [0, 0.05) is 49.5 Å². The van der Waals surface area contributed by atoms with Gasteiger partial charge >= 0.3 is 0 Å². The van der Waals surface area contributed by atoms with Crippen LogP contribution in [0.3, 0.4) is 0 Å². The number of nitrogens with zero attached hydrogens (tertiary/aromatic N) is 3. The Kier molecular flexibility index (Phi) is 6.07. The number of amides is 2. The van der Waals surface area contributed by atoms with Crippen molar-refractivity contribution >= 4 is 29.7 Å². The number of aromatic nitrogens is 1. The summed E-state index contributed by atoms with van der Waals surface area (Å²) in [6.07, 6.45) is 3.28. The van der Waals surface area contributed by atoms with Crippen LogP contribution in [-0.4, -0.2) is 59.8 Å². The van der Waals surface area contributed by atoms with Gasteiger partial charge in [0.15, 0.2) is 0 Å². The molecule has 1 aromatic carbocycles. The van der Waals surface area contributed by atoms with Gasteiger partial charge in [0.25, 0.3) is 5.91 Å². The van der Waals surface area contributed by atoms with Crippen molar-refractivity contribution in [2.75, 3.05) is 38.0 Å². The number of benzene rings is 1. The number of anilines is 1. The third-order valence-corrected chi connectivity index (χ3v) is 4.60. The lowest BCUT2D eigenvalue weighted by atomic mass is 10.1. The number of halogens is 1. The first-order valence-electron chi connectivity index (χ1n) is 8.59. The number of carbonyl (C=O) groups excluding carboxylic acids is 2. The average Bonchev–Trinajstić information content (AvgIpc) is 2.68. The number of carbonyl (C=O) groups is 2. The summed E-state index contributed by atoms with van der Waals surface area (Å²) in [5.74, 6) is 0.639. The molecule has 7 heteroatoms. The summed E-state index contributed by atoms with van der Waals surface area (Å²) in [5, 5.41) is 3.97. The second kappa shape index (κ2) is 8.67. The zero-order valence-electron chi connectivity index (χ0n) is 14.4. The van der Waals surface area contributed by atoms with E-state index in [-0.39, 0.29) is 5.91 Å². The fourth-order valence-corrected chi connectivity index (χ4v) is 3.11. The van der Waals surface area contributed by atoms with Gasteiger partial charge in [0.05, 0.1) is 0 Å². The zero-order chi connectivity index (χ0) is 18.4. The maximum atomic E-state index is 12.6. The molecule has 1 fully saturated rings. The predicted octanol–water partition coefficient (Wildman–Crippen LogP) is 2.30. The molecule has 0 unspecified atom stereocenters. The molecule has 2 amide bonds. The number of pyridine rings is 1. The van der Waals surface area contributed by atoms with E-state index in [1.807, 2.05) is 24.3 Å². The van der Waals surface area contributed by atoms with Crippen molar-refractivity contribution in [1.29, 1.82) is 0 Å². The van der Waals surface area contributed by atoms with E-state index in [0.29, 0.717) is 44.1 Å². The van der Waals surface area contributed by atoms with Crippen LogP contribution in [0.1, 0.15) is 15.9 Å². The Morgan fingerprint density at radius 3 is 2.73 bits per heavy atom. The number of nitrogens with one attached hydrogen (secondary N) is 1. The van der Waals surface area contributed by atoms with Gasteiger partial charge in [0.1, 0.15) is 5.82 Å². The summed E-state index contributed by atoms with van der Waals surface area (Å²) >= 11 is 5.99. The molecule has 6 nitrogen and oxygen atoms in total. The van der Waals surface area contributed by atoms with Gasteiger partial charge in [-0.3, -0.25) is 9.59 Å². The maximum absolute atomic E-state index is 12.6. The molecule has 0 saturated carbocycles. The van der Waals surface area contributed by atoms with E-state index in [1.54, 1.807) is 28.1 Å². The Labute approximate surface area is 157 Å². The Morgan fingerprint density at radius 1 is 1.19 bits per heavy atom. The van der Waals surface area contributed by atoms with Crippen LogP contribution in [0.2, 0.25) is 5.02 Å². The average molecular weight is 373 g/mol. The fourth-order valence-electron chi connectivity index (χ4n) is 2.90. The van der Waals surface area contributed by atoms with Gasteiger partial charge in [-0.15, -0.1) is 0 Å². The SMILES string of the molecule is O=CN1CCN(C(=O)c2ccnc(NCCc3cccc(Cl)c3)c2)CC1. The molecule has 26 heavy (non-hydrogen) atoms. The van der Waals surface area contributed by atoms with Gasteiger partial charge < -0.3 is 15.1 Å². The third kappa shape index (κ3) is 4.73. The Morgan fingerprint density at radius 2 is 2.00 bits per heavy atom. The van der Waals surface area contributed by atoms with Crippen LogP contribution < -0.4 is 5.32 Å². The largest absolute Gasteiger partial charge is 0.370 e. The summed E-state index contributed by atoms with van der Waals surface area (Å²) in [7, 11) is 0. The minimum atomic E-state index is -0.0316. The maximum Gasteiger partial charge on any atom is 0.254 e. The third-order valence-electron chi connectivity index (χ3n) is 4.37. The highest BCUT2D eigenvalue weighted by atomic mass is 35.5. The smallest absolute Gasteiger partial charge is 0.254 e. The second-order valence-corrected chi connectivity index (χ2v) is 6.61. The van der Waals surface area contributed by atoms with Crippen molar-refractivity contribution in [3.63, 3.8) is 0 Å². The first kappa shape index (κ1) is 18.2. The summed E-state index contributed by atoms with van der Waals surface area (Å²) in [6, 6.07) is 11.2. The summed E-state index contributed by atoms with van der Waals surface area (Å²) < 4.78 is 0. The fraction of sp³-hybridized carbons (Fsp3) is 0.316. The summed E-state index contributed by atoms with van der Waals surface area (Å²) in [5.41, 5.74) is 1.75. The van der Waals surface area contributed by atoms with E-state index < -0.39 is 0 Å². The lowest BCUT2D eigenvalue weighted by molar-refractivity contribution is -0.119. The van der Waals surface area contributed by atoms with Gasteiger partial charge in [-0.2, -0.15) is 0 Å². The van der Waals surface area contributed by atoms with Crippen LogP contribution in [0, 0.1) is 0 Å². The van der Waals surface area contributed by atoms with E-state index in [2.05, 4.69) is 10.3 Å². The zero-order valence-corrected chi connectivity index (χ0v) is 15.2. The van der Waals surface area contributed by atoms with Crippen LogP contribution in [0.25, 0.3) is 0 Å². The number of rotatable bonds is 6. The van der Waals surface area contributed by atoms with Crippen LogP contribution in [0.5, 0.6) is 0 Å². The first-order chi connectivity index (χ1) is 12.7. The molecular formula is C19H21ClN4O2. The topological polar surface area (TPSA) is 65.5 Å². The molecule has 0 spiro atoms. The minimum absolute atomic E-state index is 0.0316. The Hall–Kier alpha value is -2.60. The number of hydrogen-bond donors (Lipinski definition) is 1. The van der Waals surface area contributed by atoms with Crippen molar-refractivity contribution < 1.29 is 9.59 Å². The molecule has 1 saturated heterocycles. The van der Waals surface area contributed by atoms with Crippen LogP contribution in [0.15, 0.2) is 42.6 Å². The van der Waals surface area contributed by atoms with Crippen molar-refractivity contribution in [3.8, 4) is 0 Å². The lowest BCUT2D eigenvalue weighted by Gasteiger charge is -2.32. The summed E-state index contributed by atoms with van der Waals surface area (Å²) in [4.78, 5) is 31.1. The molecule has 2 heterocycles. The molecule has 1 aliphatic heterocycles. The van der Waals surface area contributed by atoms with Crippen LogP contribution in [-0.2, 0) is 11.2 Å². The molecule has 1 aliphatic rings. The Balaban J connectivity index is 1.56. The molecular weight excluding hydrogens is 352 g/mol. The molecule has 0 aliphatic carbocycles. The van der Waals surface area contributed by atoms with E-state index in [4.69, 9.17) is 11.6 Å². The molecule has 0 bridgehead atoms. The quantitative estimate of drug-likeness (QED) is 0.790. The molecule has 2 aromatic rings. The van der Waals surface area contributed by atoms with E-state index in [0.717, 1.165) is 23.4 Å². The lowest BCUT2D eigenvalue weighted by Crippen LogP contribution is -2.48. The Bertz CT molecular complexity index is 776. The van der Waals surface area contributed by atoms with Crippen molar-refractivity contribution in [1.82, 2.24) is 14.8 Å². The molecule has 0 atom stereocenters. The highest BCUT2D eigenvalue weighted by Gasteiger charge is 2.21. The monoisotopic (exact) mass is 372 g/mol. The summed E-state index contributed by atoms with van der Waals surface area (Å²) in [6.45, 7) is 2.95. The van der Waals surface area contributed by atoms with Crippen LogP contribution >= 0.6 is 11.6 Å². The van der Waals surface area contributed by atoms with Gasteiger partial charge in [-0.05, 0) is 36.2 Å². The molecule has 1 aromatic heterocycles. The second-order valence-electron chi connectivity index (χ2n) is 6.17. The van der Waals surface area contributed by atoms with Crippen molar-refractivity contribution in [2.45, 2.75) is 6.42 Å². The molecule has 0 radical (unpaired) electrons. The molecule has 1 N–H and O–H groups in total. The van der Waals surface area contributed by atoms with Crippen molar-refractivity contribution in [3.05, 3.63) is 58.7 Å². The minimum Gasteiger partial charge on any atom is -0.370 e. The van der Waals surface area contributed by atoms with E-state index in [1.165, 1.54) is 0 Å². The molecule has 3 rings (SSSR count). The predicted molar refractivity (Wildman–Crippen MR) is 101 cm³/mol. The number of piperazine rings is 1. The van der Waals surface area contributed by atoms with Crippen molar-refractivity contribution in [2.24, 2.45) is 0 Å². The van der Waals surface area contributed by atoms with E-state index >= 15 is 0 Å². The highest BCUT2D eigenvalue weighted by Crippen LogP contribution is 2.13. The standard InChI is InChI=1S/C19H21ClN4O2/c20-17-3-1-2-15(12-17)4-6-21-18-13-16(5-7-22-18)19(26)24-10-8-23(14-25)9-11-24/h1-3,5,7,12-14H,4,6,8-11H2,(H,21,22). The first-order valence-corrected chi connectivity index (χ1v) is 8.96. The van der Waals surface area contributed by atoms with Gasteiger partial charge in [-0.1, -0.05) is 23.7 Å². The van der Waals surface area contributed by atoms with Gasteiger partial charge in [0.2, 0.25) is 6.41 Å².